The highest BCUT2D eigenvalue weighted by molar-refractivity contribution is 5.85. The number of hydrogen-bond donors (Lipinski definition) is 1. The van der Waals surface area contributed by atoms with E-state index in [1.807, 2.05) is 6.08 Å². The van der Waals surface area contributed by atoms with Gasteiger partial charge in [-0.3, -0.25) is 0 Å². The van der Waals surface area contributed by atoms with E-state index in [2.05, 4.69) is 20.3 Å². The number of carboxylic acids is 1. The Morgan fingerprint density at radius 1 is 1.47 bits per heavy atom. The quantitative estimate of drug-likeness (QED) is 0.584. The monoisotopic (exact) mass is 233 g/mol. The van der Waals surface area contributed by atoms with Gasteiger partial charge in [0.05, 0.1) is 0 Å². The Bertz CT molecular complexity index is 390. The molecule has 2 heteroatoms. The molecule has 0 amide bonds. The van der Waals surface area contributed by atoms with Gasteiger partial charge in [0.25, 0.3) is 0 Å². The van der Waals surface area contributed by atoms with Crippen molar-refractivity contribution < 1.29 is 9.90 Å². The molecule has 0 spiro atoms. The SMILES string of the molecule is CC1=C2[C@H](/C=C(\C)C(=O)O)CC[C@@H](C)[C@H]2[CH]C1. The summed E-state index contributed by atoms with van der Waals surface area (Å²) in [5.74, 6) is 0.871. The Hall–Kier alpha value is -1.05. The first kappa shape index (κ1) is 12.4. The van der Waals surface area contributed by atoms with Crippen LogP contribution in [0, 0.1) is 24.2 Å². The lowest BCUT2D eigenvalue weighted by atomic mass is 9.71. The molecule has 2 nitrogen and oxygen atoms in total. The minimum absolute atomic E-state index is 0.353. The van der Waals surface area contributed by atoms with Gasteiger partial charge >= 0.3 is 5.97 Å². The predicted molar refractivity (Wildman–Crippen MR) is 68.4 cm³/mol. The molecule has 2 aliphatic carbocycles. The molecule has 1 saturated carbocycles. The van der Waals surface area contributed by atoms with Crippen molar-refractivity contribution in [3.8, 4) is 0 Å². The highest BCUT2D eigenvalue weighted by atomic mass is 16.4. The number of hydrogen-bond acceptors (Lipinski definition) is 1. The van der Waals surface area contributed by atoms with Gasteiger partial charge in [-0.15, -0.1) is 0 Å². The van der Waals surface area contributed by atoms with E-state index in [0.29, 0.717) is 17.4 Å². The van der Waals surface area contributed by atoms with Crippen LogP contribution in [0.25, 0.3) is 0 Å². The molecule has 93 valence electrons. The predicted octanol–water partition coefficient (Wildman–Crippen LogP) is 3.60. The summed E-state index contributed by atoms with van der Waals surface area (Å²) < 4.78 is 0. The van der Waals surface area contributed by atoms with Crippen LogP contribution in [0.4, 0.5) is 0 Å². The normalized spacial score (nSPS) is 33.8. The highest BCUT2D eigenvalue weighted by Crippen LogP contribution is 2.47. The molecular formula is C15H21O2. The van der Waals surface area contributed by atoms with Crippen molar-refractivity contribution in [1.29, 1.82) is 0 Å². The second-order valence-corrected chi connectivity index (χ2v) is 5.52. The maximum absolute atomic E-state index is 10.9. The molecule has 0 aromatic carbocycles. The van der Waals surface area contributed by atoms with Crippen molar-refractivity contribution in [2.75, 3.05) is 0 Å². The standard InChI is InChI=1S/C15H21O2/c1-9-4-6-12(8-11(3)15(16)17)14-10(2)5-7-13(9)14/h7-9,12-13H,4-6H2,1-3H3,(H,16,17)/b11-8+/t9-,12+,13-/m1/s1. The maximum atomic E-state index is 10.9. The fraction of sp³-hybridized carbons (Fsp3) is 0.600. The van der Waals surface area contributed by atoms with Crippen LogP contribution < -0.4 is 0 Å². The van der Waals surface area contributed by atoms with Crippen molar-refractivity contribution in [3.63, 3.8) is 0 Å². The number of carboxylic acid groups (broad SMARTS) is 1. The number of allylic oxidation sites excluding steroid dienone is 3. The van der Waals surface area contributed by atoms with E-state index in [9.17, 15) is 4.79 Å². The molecule has 3 atom stereocenters. The van der Waals surface area contributed by atoms with Gasteiger partial charge in [-0.2, -0.15) is 0 Å². The lowest BCUT2D eigenvalue weighted by molar-refractivity contribution is -0.132. The smallest absolute Gasteiger partial charge is 0.330 e. The Labute approximate surface area is 103 Å². The molecule has 0 heterocycles. The van der Waals surface area contributed by atoms with Crippen molar-refractivity contribution in [2.24, 2.45) is 17.8 Å². The molecule has 1 fully saturated rings. The zero-order valence-corrected chi connectivity index (χ0v) is 10.9. The molecule has 0 saturated heterocycles. The molecule has 0 unspecified atom stereocenters. The molecule has 1 radical (unpaired) electrons. The van der Waals surface area contributed by atoms with Gasteiger partial charge in [0.2, 0.25) is 0 Å². The zero-order chi connectivity index (χ0) is 12.6. The highest BCUT2D eigenvalue weighted by Gasteiger charge is 2.36. The Morgan fingerprint density at radius 2 is 2.18 bits per heavy atom. The van der Waals surface area contributed by atoms with Crippen LogP contribution in [-0.4, -0.2) is 11.1 Å². The molecule has 17 heavy (non-hydrogen) atoms. The van der Waals surface area contributed by atoms with E-state index in [4.69, 9.17) is 5.11 Å². The first-order chi connectivity index (χ1) is 8.00. The third-order valence-corrected chi connectivity index (χ3v) is 4.26. The van der Waals surface area contributed by atoms with E-state index in [1.54, 1.807) is 6.92 Å². The van der Waals surface area contributed by atoms with Gasteiger partial charge in [-0.05, 0) is 57.3 Å². The lowest BCUT2D eigenvalue weighted by Crippen LogP contribution is -2.23. The first-order valence-electron chi connectivity index (χ1n) is 6.45. The van der Waals surface area contributed by atoms with Gasteiger partial charge < -0.3 is 5.11 Å². The van der Waals surface area contributed by atoms with Gasteiger partial charge in [-0.1, -0.05) is 24.1 Å². The summed E-state index contributed by atoms with van der Waals surface area (Å²) in [6, 6.07) is 0. The Kier molecular flexibility index (Phi) is 3.41. The summed E-state index contributed by atoms with van der Waals surface area (Å²) in [6.45, 7) is 6.20. The fourth-order valence-corrected chi connectivity index (χ4v) is 3.26. The van der Waals surface area contributed by atoms with Crippen LogP contribution in [-0.2, 0) is 4.79 Å². The van der Waals surface area contributed by atoms with Gasteiger partial charge in [0.1, 0.15) is 0 Å². The van der Waals surface area contributed by atoms with Crippen LogP contribution in [0.5, 0.6) is 0 Å². The third-order valence-electron chi connectivity index (χ3n) is 4.26. The van der Waals surface area contributed by atoms with Gasteiger partial charge in [0.15, 0.2) is 0 Å². The van der Waals surface area contributed by atoms with Gasteiger partial charge in [0, 0.05) is 5.57 Å². The second kappa shape index (κ2) is 4.67. The maximum Gasteiger partial charge on any atom is 0.330 e. The third kappa shape index (κ3) is 2.31. The average Bonchev–Trinajstić information content (AvgIpc) is 2.66. The summed E-state index contributed by atoms with van der Waals surface area (Å²) in [4.78, 5) is 10.9. The molecule has 2 rings (SSSR count). The van der Waals surface area contributed by atoms with E-state index >= 15 is 0 Å². The molecule has 0 aromatic heterocycles. The average molecular weight is 233 g/mol. The van der Waals surface area contributed by atoms with E-state index in [0.717, 1.165) is 18.8 Å². The molecule has 0 aromatic rings. The lowest BCUT2D eigenvalue weighted by Gasteiger charge is -2.33. The van der Waals surface area contributed by atoms with Crippen LogP contribution >= 0.6 is 0 Å². The number of fused-ring (bicyclic) bond motifs is 1. The molecule has 0 aliphatic heterocycles. The zero-order valence-electron chi connectivity index (χ0n) is 10.9. The van der Waals surface area contributed by atoms with Crippen molar-refractivity contribution in [2.45, 2.75) is 40.0 Å². The van der Waals surface area contributed by atoms with Crippen LogP contribution in [0.3, 0.4) is 0 Å². The molecule has 0 bridgehead atoms. The summed E-state index contributed by atoms with van der Waals surface area (Å²) in [6.07, 6.45) is 7.75. The van der Waals surface area contributed by atoms with Crippen LogP contribution in [0.15, 0.2) is 22.8 Å². The van der Waals surface area contributed by atoms with E-state index in [-0.39, 0.29) is 0 Å². The molecule has 1 N–H and O–H groups in total. The first-order valence-corrected chi connectivity index (χ1v) is 6.45. The molecular weight excluding hydrogens is 212 g/mol. The molecule has 2 aliphatic rings. The number of aliphatic carboxylic acids is 1. The minimum atomic E-state index is -0.791. The van der Waals surface area contributed by atoms with Gasteiger partial charge in [-0.25, -0.2) is 4.79 Å². The van der Waals surface area contributed by atoms with Crippen molar-refractivity contribution >= 4 is 5.97 Å². The summed E-state index contributed by atoms with van der Waals surface area (Å²) in [7, 11) is 0. The number of carbonyl (C=O) groups is 1. The summed E-state index contributed by atoms with van der Waals surface area (Å²) >= 11 is 0. The summed E-state index contributed by atoms with van der Waals surface area (Å²) in [5, 5.41) is 8.98. The van der Waals surface area contributed by atoms with Crippen molar-refractivity contribution in [1.82, 2.24) is 0 Å². The Balaban J connectivity index is 2.27. The van der Waals surface area contributed by atoms with E-state index < -0.39 is 5.97 Å². The largest absolute Gasteiger partial charge is 0.478 e. The van der Waals surface area contributed by atoms with Crippen LogP contribution in [0.1, 0.15) is 40.0 Å². The fourth-order valence-electron chi connectivity index (χ4n) is 3.26. The Morgan fingerprint density at radius 3 is 2.82 bits per heavy atom. The van der Waals surface area contributed by atoms with E-state index in [1.165, 1.54) is 17.6 Å². The number of rotatable bonds is 2. The topological polar surface area (TPSA) is 37.3 Å². The second-order valence-electron chi connectivity index (χ2n) is 5.52. The minimum Gasteiger partial charge on any atom is -0.478 e. The van der Waals surface area contributed by atoms with Crippen LogP contribution in [0.2, 0.25) is 0 Å². The summed E-state index contributed by atoms with van der Waals surface area (Å²) in [5.41, 5.74) is 3.45. The van der Waals surface area contributed by atoms with Crippen molar-refractivity contribution in [3.05, 3.63) is 29.2 Å².